The SMILES string of the molecule is Cc1ccc2c(c1C)N(C)C(=O)C2(C)CC#N. The summed E-state index contributed by atoms with van der Waals surface area (Å²) in [4.78, 5) is 14.0. The van der Waals surface area contributed by atoms with Crippen LogP contribution < -0.4 is 4.90 Å². The van der Waals surface area contributed by atoms with Crippen LogP contribution in [0.1, 0.15) is 30.0 Å². The Balaban J connectivity index is 2.72. The van der Waals surface area contributed by atoms with Crippen LogP contribution in [0.15, 0.2) is 12.1 Å². The number of benzene rings is 1. The van der Waals surface area contributed by atoms with Crippen LogP contribution >= 0.6 is 0 Å². The van der Waals surface area contributed by atoms with Crippen LogP contribution in [0.3, 0.4) is 0 Å². The fourth-order valence-corrected chi connectivity index (χ4v) is 2.59. The Bertz CT molecular complexity index is 542. The number of likely N-dealkylation sites (N-methyl/N-ethyl adjacent to an activating group) is 1. The molecule has 1 aliphatic rings. The van der Waals surface area contributed by atoms with E-state index < -0.39 is 5.41 Å². The van der Waals surface area contributed by atoms with Crippen molar-refractivity contribution in [2.45, 2.75) is 32.6 Å². The summed E-state index contributed by atoms with van der Waals surface area (Å²) in [6.45, 7) is 5.92. The first-order valence-electron chi connectivity index (χ1n) is 5.69. The third-order valence-electron chi connectivity index (χ3n) is 3.84. The zero-order chi connectivity index (χ0) is 12.8. The molecule has 17 heavy (non-hydrogen) atoms. The van der Waals surface area contributed by atoms with Gasteiger partial charge in [0, 0.05) is 7.05 Å². The molecule has 0 fully saturated rings. The fraction of sp³-hybridized carbons (Fsp3) is 0.429. The van der Waals surface area contributed by atoms with E-state index in [1.54, 1.807) is 11.9 Å². The summed E-state index contributed by atoms with van der Waals surface area (Å²) in [7, 11) is 1.79. The Morgan fingerprint density at radius 3 is 2.65 bits per heavy atom. The first-order chi connectivity index (χ1) is 7.93. The van der Waals surface area contributed by atoms with Crippen molar-refractivity contribution in [3.8, 4) is 6.07 Å². The van der Waals surface area contributed by atoms with Crippen LogP contribution in [-0.2, 0) is 10.2 Å². The third kappa shape index (κ3) is 1.37. The lowest BCUT2D eigenvalue weighted by Crippen LogP contribution is -2.35. The number of hydrogen-bond acceptors (Lipinski definition) is 2. The van der Waals surface area contributed by atoms with Gasteiger partial charge >= 0.3 is 0 Å². The second kappa shape index (κ2) is 3.59. The van der Waals surface area contributed by atoms with Gasteiger partial charge in [0.15, 0.2) is 0 Å². The van der Waals surface area contributed by atoms with E-state index in [1.807, 2.05) is 32.9 Å². The normalized spacial score (nSPS) is 22.5. The predicted octanol–water partition coefficient (Wildman–Crippen LogP) is 2.45. The number of nitriles is 1. The lowest BCUT2D eigenvalue weighted by Gasteiger charge is -2.19. The molecule has 1 heterocycles. The Kier molecular flexibility index (Phi) is 2.46. The van der Waals surface area contributed by atoms with E-state index in [0.717, 1.165) is 16.8 Å². The molecule has 0 spiro atoms. The number of carbonyl (C=O) groups is 1. The highest BCUT2D eigenvalue weighted by molar-refractivity contribution is 6.08. The molecule has 0 radical (unpaired) electrons. The molecular weight excluding hydrogens is 212 g/mol. The van der Waals surface area contributed by atoms with E-state index >= 15 is 0 Å². The molecule has 3 heteroatoms. The highest BCUT2D eigenvalue weighted by Crippen LogP contribution is 2.45. The van der Waals surface area contributed by atoms with Gasteiger partial charge in [0.25, 0.3) is 0 Å². The predicted molar refractivity (Wildman–Crippen MR) is 66.9 cm³/mol. The van der Waals surface area contributed by atoms with Crippen molar-refractivity contribution in [1.29, 1.82) is 5.26 Å². The summed E-state index contributed by atoms with van der Waals surface area (Å²) in [6, 6.07) is 6.14. The topological polar surface area (TPSA) is 44.1 Å². The smallest absolute Gasteiger partial charge is 0.238 e. The molecule has 0 aliphatic carbocycles. The molecule has 0 saturated heterocycles. The molecule has 1 aromatic rings. The summed E-state index contributed by atoms with van der Waals surface area (Å²) in [5.41, 5.74) is 3.57. The number of aryl methyl sites for hydroxylation is 1. The first kappa shape index (κ1) is 11.7. The van der Waals surface area contributed by atoms with Crippen molar-refractivity contribution in [2.24, 2.45) is 0 Å². The summed E-state index contributed by atoms with van der Waals surface area (Å²) in [5.74, 6) is 0.0164. The van der Waals surface area contributed by atoms with Crippen molar-refractivity contribution >= 4 is 11.6 Å². The van der Waals surface area contributed by atoms with Crippen LogP contribution in [0.2, 0.25) is 0 Å². The Hall–Kier alpha value is -1.82. The lowest BCUT2D eigenvalue weighted by molar-refractivity contribution is -0.122. The van der Waals surface area contributed by atoms with Gasteiger partial charge in [0.2, 0.25) is 5.91 Å². The molecule has 88 valence electrons. The van der Waals surface area contributed by atoms with E-state index in [-0.39, 0.29) is 12.3 Å². The molecule has 3 nitrogen and oxygen atoms in total. The van der Waals surface area contributed by atoms with E-state index in [1.165, 1.54) is 5.56 Å². The molecule has 1 amide bonds. The molecule has 1 unspecified atom stereocenters. The van der Waals surface area contributed by atoms with E-state index in [9.17, 15) is 4.79 Å². The van der Waals surface area contributed by atoms with Crippen LogP contribution in [0.25, 0.3) is 0 Å². The lowest BCUT2D eigenvalue weighted by atomic mass is 9.80. The molecule has 0 saturated carbocycles. The molecule has 0 bridgehead atoms. The van der Waals surface area contributed by atoms with Gasteiger partial charge in [-0.3, -0.25) is 4.79 Å². The van der Waals surface area contributed by atoms with Gasteiger partial charge in [-0.05, 0) is 37.5 Å². The highest BCUT2D eigenvalue weighted by atomic mass is 16.2. The minimum Gasteiger partial charge on any atom is -0.314 e. The Morgan fingerprint density at radius 2 is 2.06 bits per heavy atom. The maximum atomic E-state index is 12.3. The number of anilines is 1. The number of fused-ring (bicyclic) bond motifs is 1. The largest absolute Gasteiger partial charge is 0.314 e. The first-order valence-corrected chi connectivity index (χ1v) is 5.69. The van der Waals surface area contributed by atoms with E-state index in [0.29, 0.717) is 0 Å². The van der Waals surface area contributed by atoms with E-state index in [2.05, 4.69) is 6.07 Å². The second-order valence-electron chi connectivity index (χ2n) is 4.93. The zero-order valence-corrected chi connectivity index (χ0v) is 10.7. The van der Waals surface area contributed by atoms with Gasteiger partial charge in [-0.25, -0.2) is 0 Å². The Labute approximate surface area is 102 Å². The van der Waals surface area contributed by atoms with Crippen molar-refractivity contribution in [3.05, 3.63) is 28.8 Å². The molecule has 0 N–H and O–H groups in total. The minimum absolute atomic E-state index is 0.0164. The van der Waals surface area contributed by atoms with Crippen molar-refractivity contribution < 1.29 is 4.79 Å². The van der Waals surface area contributed by atoms with Gasteiger partial charge in [-0.15, -0.1) is 0 Å². The maximum Gasteiger partial charge on any atom is 0.238 e. The standard InChI is InChI=1S/C14H16N2O/c1-9-5-6-11-12(10(9)2)16(4)13(17)14(11,3)7-8-15/h5-6H,7H2,1-4H3. The number of carbonyl (C=O) groups excluding carboxylic acids is 1. The third-order valence-corrected chi connectivity index (χ3v) is 3.84. The van der Waals surface area contributed by atoms with Gasteiger partial charge < -0.3 is 4.90 Å². The van der Waals surface area contributed by atoms with Crippen LogP contribution in [0, 0.1) is 25.2 Å². The zero-order valence-electron chi connectivity index (χ0n) is 10.7. The molecule has 1 aromatic carbocycles. The molecule has 1 atom stereocenters. The average molecular weight is 228 g/mol. The Morgan fingerprint density at radius 1 is 1.41 bits per heavy atom. The van der Waals surface area contributed by atoms with Gasteiger partial charge in [0.05, 0.1) is 23.6 Å². The van der Waals surface area contributed by atoms with Gasteiger partial charge in [-0.1, -0.05) is 12.1 Å². The molecule has 2 rings (SSSR count). The van der Waals surface area contributed by atoms with Crippen LogP contribution in [0.4, 0.5) is 5.69 Å². The number of nitrogens with zero attached hydrogens (tertiary/aromatic N) is 2. The monoisotopic (exact) mass is 228 g/mol. The van der Waals surface area contributed by atoms with Crippen molar-refractivity contribution in [1.82, 2.24) is 0 Å². The van der Waals surface area contributed by atoms with Crippen molar-refractivity contribution in [3.63, 3.8) is 0 Å². The number of hydrogen-bond donors (Lipinski definition) is 0. The van der Waals surface area contributed by atoms with Crippen LogP contribution in [-0.4, -0.2) is 13.0 Å². The minimum atomic E-state index is -0.683. The van der Waals surface area contributed by atoms with Gasteiger partial charge in [-0.2, -0.15) is 5.26 Å². The fourth-order valence-electron chi connectivity index (χ4n) is 2.59. The molecular formula is C14H16N2O. The summed E-state index contributed by atoms with van der Waals surface area (Å²) >= 11 is 0. The summed E-state index contributed by atoms with van der Waals surface area (Å²) in [6.07, 6.45) is 0.228. The quantitative estimate of drug-likeness (QED) is 0.741. The number of amides is 1. The second-order valence-corrected chi connectivity index (χ2v) is 4.93. The van der Waals surface area contributed by atoms with Crippen molar-refractivity contribution in [2.75, 3.05) is 11.9 Å². The molecule has 0 aromatic heterocycles. The van der Waals surface area contributed by atoms with Gasteiger partial charge in [0.1, 0.15) is 0 Å². The highest BCUT2D eigenvalue weighted by Gasteiger charge is 2.46. The summed E-state index contributed by atoms with van der Waals surface area (Å²) in [5, 5.41) is 8.92. The van der Waals surface area contributed by atoms with E-state index in [4.69, 9.17) is 5.26 Å². The average Bonchev–Trinajstić information content (AvgIpc) is 2.47. The maximum absolute atomic E-state index is 12.3. The number of rotatable bonds is 1. The molecule has 1 aliphatic heterocycles. The van der Waals surface area contributed by atoms with Crippen LogP contribution in [0.5, 0.6) is 0 Å². The summed E-state index contributed by atoms with van der Waals surface area (Å²) < 4.78 is 0.